The Morgan fingerprint density at radius 2 is 2.53 bits per heavy atom. The highest BCUT2D eigenvalue weighted by Gasteiger charge is 2.24. The maximum Gasteiger partial charge on any atom is 0.355 e. The molecule has 90 valence electrons. The number of anilines is 1. The molecule has 1 aromatic rings. The van der Waals surface area contributed by atoms with Crippen molar-refractivity contribution < 1.29 is 14.6 Å². The Morgan fingerprint density at radius 3 is 3.12 bits per heavy atom. The van der Waals surface area contributed by atoms with Gasteiger partial charge in [0, 0.05) is 11.4 Å². The molecule has 0 amide bonds. The van der Waals surface area contributed by atoms with E-state index in [1.54, 1.807) is 6.92 Å². The number of carboxylic acids is 1. The molecule has 1 aliphatic rings. The SMILES string of the molecule is Cc1sc(N2CCOC(C#N)C2)nc1C(=O)O. The van der Waals surface area contributed by atoms with Gasteiger partial charge in [-0.2, -0.15) is 5.26 Å². The first-order valence-electron chi connectivity index (χ1n) is 5.08. The normalized spacial score (nSPS) is 20.0. The fourth-order valence-electron chi connectivity index (χ4n) is 1.62. The van der Waals surface area contributed by atoms with E-state index in [0.29, 0.717) is 29.7 Å². The van der Waals surface area contributed by atoms with Crippen molar-refractivity contribution in [1.29, 1.82) is 5.26 Å². The summed E-state index contributed by atoms with van der Waals surface area (Å²) >= 11 is 1.33. The summed E-state index contributed by atoms with van der Waals surface area (Å²) in [5.41, 5.74) is 0.0880. The van der Waals surface area contributed by atoms with Crippen LogP contribution in [0.5, 0.6) is 0 Å². The molecule has 1 saturated heterocycles. The van der Waals surface area contributed by atoms with Crippen LogP contribution in [0.3, 0.4) is 0 Å². The number of hydrogen-bond donors (Lipinski definition) is 1. The van der Waals surface area contributed by atoms with Crippen molar-refractivity contribution in [3.05, 3.63) is 10.6 Å². The molecule has 2 heterocycles. The van der Waals surface area contributed by atoms with Crippen molar-refractivity contribution >= 4 is 22.4 Å². The quantitative estimate of drug-likeness (QED) is 0.842. The summed E-state index contributed by atoms with van der Waals surface area (Å²) in [7, 11) is 0. The first-order valence-corrected chi connectivity index (χ1v) is 5.90. The summed E-state index contributed by atoms with van der Waals surface area (Å²) in [5.74, 6) is -1.02. The van der Waals surface area contributed by atoms with E-state index in [4.69, 9.17) is 15.1 Å². The number of aromatic nitrogens is 1. The molecule has 0 spiro atoms. The summed E-state index contributed by atoms with van der Waals surface area (Å²) in [4.78, 5) is 17.5. The third kappa shape index (κ3) is 2.38. The molecule has 2 rings (SSSR count). The van der Waals surface area contributed by atoms with Crippen LogP contribution in [0.2, 0.25) is 0 Å². The topological polar surface area (TPSA) is 86.5 Å². The van der Waals surface area contributed by atoms with Gasteiger partial charge >= 0.3 is 5.97 Å². The molecule has 1 aromatic heterocycles. The predicted octanol–water partition coefficient (Wildman–Crippen LogP) is 0.878. The van der Waals surface area contributed by atoms with E-state index in [1.165, 1.54) is 11.3 Å². The largest absolute Gasteiger partial charge is 0.476 e. The summed E-state index contributed by atoms with van der Waals surface area (Å²) in [5, 5.41) is 18.4. The average molecular weight is 253 g/mol. The molecule has 0 aliphatic carbocycles. The zero-order valence-corrected chi connectivity index (χ0v) is 10.0. The van der Waals surface area contributed by atoms with Crippen LogP contribution in [0.15, 0.2) is 0 Å². The molecule has 0 saturated carbocycles. The number of thiazole rings is 1. The second-order valence-corrected chi connectivity index (χ2v) is 4.82. The maximum atomic E-state index is 10.9. The Hall–Kier alpha value is -1.65. The third-order valence-electron chi connectivity index (χ3n) is 2.47. The van der Waals surface area contributed by atoms with Gasteiger partial charge in [0.1, 0.15) is 0 Å². The van der Waals surface area contributed by atoms with Crippen LogP contribution in [-0.2, 0) is 4.74 Å². The fourth-order valence-corrected chi connectivity index (χ4v) is 2.55. The van der Waals surface area contributed by atoms with Gasteiger partial charge < -0.3 is 14.7 Å². The molecule has 1 atom stereocenters. The standard InChI is InChI=1S/C10H11N3O3S/c1-6-8(9(14)15)12-10(17-6)13-2-3-16-7(4-11)5-13/h7H,2-3,5H2,1H3,(H,14,15). The fraction of sp³-hybridized carbons (Fsp3) is 0.500. The number of ether oxygens (including phenoxy) is 1. The Morgan fingerprint density at radius 1 is 1.76 bits per heavy atom. The minimum Gasteiger partial charge on any atom is -0.476 e. The molecule has 1 aliphatic heterocycles. The number of carbonyl (C=O) groups is 1. The highest BCUT2D eigenvalue weighted by Crippen LogP contribution is 2.27. The van der Waals surface area contributed by atoms with Crippen molar-refractivity contribution in [2.75, 3.05) is 24.6 Å². The maximum absolute atomic E-state index is 10.9. The van der Waals surface area contributed by atoms with E-state index in [1.807, 2.05) is 11.0 Å². The number of nitrogens with zero attached hydrogens (tertiary/aromatic N) is 3. The number of hydrogen-bond acceptors (Lipinski definition) is 6. The first-order chi connectivity index (χ1) is 8.11. The van der Waals surface area contributed by atoms with E-state index in [0.717, 1.165) is 0 Å². The molecular weight excluding hydrogens is 242 g/mol. The van der Waals surface area contributed by atoms with Crippen LogP contribution in [-0.4, -0.2) is 41.9 Å². The Labute approximate surface area is 102 Å². The summed E-state index contributed by atoms with van der Waals surface area (Å²) in [6, 6.07) is 2.04. The van der Waals surface area contributed by atoms with E-state index in [9.17, 15) is 4.79 Å². The summed E-state index contributed by atoms with van der Waals surface area (Å²) in [6.45, 7) is 3.25. The smallest absolute Gasteiger partial charge is 0.355 e. The van der Waals surface area contributed by atoms with Crippen molar-refractivity contribution in [2.45, 2.75) is 13.0 Å². The van der Waals surface area contributed by atoms with Crippen molar-refractivity contribution in [3.63, 3.8) is 0 Å². The van der Waals surface area contributed by atoms with Crippen molar-refractivity contribution in [3.8, 4) is 6.07 Å². The number of rotatable bonds is 2. The van der Waals surface area contributed by atoms with Crippen LogP contribution in [0, 0.1) is 18.3 Å². The van der Waals surface area contributed by atoms with Gasteiger partial charge in [-0.25, -0.2) is 9.78 Å². The van der Waals surface area contributed by atoms with E-state index in [-0.39, 0.29) is 5.69 Å². The van der Waals surface area contributed by atoms with E-state index in [2.05, 4.69) is 4.98 Å². The number of nitriles is 1. The van der Waals surface area contributed by atoms with Crippen molar-refractivity contribution in [2.24, 2.45) is 0 Å². The number of carboxylic acid groups (broad SMARTS) is 1. The van der Waals surface area contributed by atoms with Crippen molar-refractivity contribution in [1.82, 2.24) is 4.98 Å². The second kappa shape index (κ2) is 4.69. The lowest BCUT2D eigenvalue weighted by Crippen LogP contribution is -2.41. The van der Waals surface area contributed by atoms with Crippen LogP contribution >= 0.6 is 11.3 Å². The van der Waals surface area contributed by atoms with Gasteiger partial charge in [-0.1, -0.05) is 0 Å². The molecule has 17 heavy (non-hydrogen) atoms. The Balaban J connectivity index is 2.20. The lowest BCUT2D eigenvalue weighted by molar-refractivity contribution is 0.0690. The van der Waals surface area contributed by atoms with Crippen LogP contribution < -0.4 is 4.90 Å². The van der Waals surface area contributed by atoms with Crippen LogP contribution in [0.1, 0.15) is 15.4 Å². The average Bonchev–Trinajstić information content (AvgIpc) is 2.71. The number of aromatic carboxylic acids is 1. The molecule has 0 bridgehead atoms. The molecule has 1 N–H and O–H groups in total. The van der Waals surface area contributed by atoms with Gasteiger partial charge in [0.15, 0.2) is 16.9 Å². The molecule has 7 heteroatoms. The van der Waals surface area contributed by atoms with Crippen LogP contribution in [0.25, 0.3) is 0 Å². The van der Waals surface area contributed by atoms with E-state index < -0.39 is 12.1 Å². The second-order valence-electron chi connectivity index (χ2n) is 3.64. The van der Waals surface area contributed by atoms with Gasteiger partial charge in [-0.05, 0) is 6.92 Å². The monoisotopic (exact) mass is 253 g/mol. The molecule has 0 aromatic carbocycles. The molecule has 1 unspecified atom stereocenters. The van der Waals surface area contributed by atoms with Gasteiger partial charge in [0.05, 0.1) is 19.2 Å². The minimum absolute atomic E-state index is 0.0880. The molecular formula is C10H11N3O3S. The number of aryl methyl sites for hydroxylation is 1. The zero-order valence-electron chi connectivity index (χ0n) is 9.21. The van der Waals surface area contributed by atoms with Gasteiger partial charge in [0.2, 0.25) is 0 Å². The molecule has 1 fully saturated rings. The zero-order chi connectivity index (χ0) is 12.4. The highest BCUT2D eigenvalue weighted by molar-refractivity contribution is 7.15. The number of morpholine rings is 1. The van der Waals surface area contributed by atoms with Gasteiger partial charge in [0.25, 0.3) is 0 Å². The minimum atomic E-state index is -1.02. The van der Waals surface area contributed by atoms with Gasteiger partial charge in [-0.15, -0.1) is 11.3 Å². The van der Waals surface area contributed by atoms with Crippen LogP contribution in [0.4, 0.5) is 5.13 Å². The van der Waals surface area contributed by atoms with E-state index >= 15 is 0 Å². The molecule has 0 radical (unpaired) electrons. The highest BCUT2D eigenvalue weighted by atomic mass is 32.1. The molecule has 6 nitrogen and oxygen atoms in total. The Bertz CT molecular complexity index is 480. The van der Waals surface area contributed by atoms with Gasteiger partial charge in [-0.3, -0.25) is 0 Å². The summed E-state index contributed by atoms with van der Waals surface area (Å²) in [6.07, 6.45) is -0.471. The lowest BCUT2D eigenvalue weighted by Gasteiger charge is -2.29. The lowest BCUT2D eigenvalue weighted by atomic mass is 10.3. The third-order valence-corrected chi connectivity index (χ3v) is 3.50. The Kier molecular flexibility index (Phi) is 3.26. The summed E-state index contributed by atoms with van der Waals surface area (Å²) < 4.78 is 5.22. The first kappa shape index (κ1) is 11.8. The predicted molar refractivity (Wildman–Crippen MR) is 61.4 cm³/mol.